The molecule has 0 saturated carbocycles. The molecule has 0 radical (unpaired) electrons. The highest BCUT2D eigenvalue weighted by Gasteiger charge is 2.12. The molecule has 0 aliphatic heterocycles. The van der Waals surface area contributed by atoms with Gasteiger partial charge in [-0.3, -0.25) is 0 Å². The van der Waals surface area contributed by atoms with E-state index in [0.717, 1.165) is 9.87 Å². The summed E-state index contributed by atoms with van der Waals surface area (Å²) in [5.41, 5.74) is 1.83. The molecule has 0 amide bonds. The topological polar surface area (TPSA) is 98.1 Å². The van der Waals surface area contributed by atoms with Gasteiger partial charge in [-0.1, -0.05) is 6.07 Å². The number of nitrogens with one attached hydrogen (secondary N) is 3. The van der Waals surface area contributed by atoms with Crippen LogP contribution in [0, 0.1) is 0 Å². The highest BCUT2D eigenvalue weighted by molar-refractivity contribution is 7.87. The number of benzene rings is 1. The molecular formula is C10H14N4O3S. The Morgan fingerprint density at radius 3 is 2.56 bits per heavy atom. The van der Waals surface area contributed by atoms with Gasteiger partial charge in [-0.05, 0) is 17.7 Å². The van der Waals surface area contributed by atoms with Crippen molar-refractivity contribution in [2.45, 2.75) is 6.54 Å². The minimum Gasteiger partial charge on any atom is -0.306 e. The number of aromatic amines is 2. The van der Waals surface area contributed by atoms with Crippen LogP contribution in [0.25, 0.3) is 11.0 Å². The van der Waals surface area contributed by atoms with E-state index in [-0.39, 0.29) is 12.2 Å². The van der Waals surface area contributed by atoms with Crippen LogP contribution in [0.4, 0.5) is 0 Å². The summed E-state index contributed by atoms with van der Waals surface area (Å²) in [6, 6.07) is 5.21. The fourth-order valence-corrected chi connectivity index (χ4v) is 2.10. The maximum absolute atomic E-state index is 11.5. The molecule has 3 N–H and O–H groups in total. The summed E-state index contributed by atoms with van der Waals surface area (Å²) < 4.78 is 26.6. The third kappa shape index (κ3) is 2.61. The quantitative estimate of drug-likeness (QED) is 0.714. The highest BCUT2D eigenvalue weighted by atomic mass is 32.2. The van der Waals surface area contributed by atoms with Gasteiger partial charge >= 0.3 is 5.69 Å². The van der Waals surface area contributed by atoms with Gasteiger partial charge in [-0.15, -0.1) is 0 Å². The van der Waals surface area contributed by atoms with Gasteiger partial charge in [0, 0.05) is 20.6 Å². The van der Waals surface area contributed by atoms with Crippen LogP contribution >= 0.6 is 0 Å². The molecule has 18 heavy (non-hydrogen) atoms. The van der Waals surface area contributed by atoms with Crippen molar-refractivity contribution in [2.75, 3.05) is 14.1 Å². The van der Waals surface area contributed by atoms with E-state index >= 15 is 0 Å². The fraction of sp³-hybridized carbons (Fsp3) is 0.300. The summed E-state index contributed by atoms with van der Waals surface area (Å²) in [5.74, 6) is 0. The van der Waals surface area contributed by atoms with E-state index < -0.39 is 10.2 Å². The lowest BCUT2D eigenvalue weighted by Crippen LogP contribution is -2.35. The molecule has 1 heterocycles. The molecule has 8 heteroatoms. The van der Waals surface area contributed by atoms with Crippen LogP contribution in [0.5, 0.6) is 0 Å². The molecule has 0 fully saturated rings. The van der Waals surface area contributed by atoms with Crippen LogP contribution in [0.2, 0.25) is 0 Å². The van der Waals surface area contributed by atoms with Crippen molar-refractivity contribution in [1.82, 2.24) is 19.0 Å². The number of nitrogens with zero attached hydrogens (tertiary/aromatic N) is 1. The molecule has 0 atom stereocenters. The zero-order valence-electron chi connectivity index (χ0n) is 10.0. The Morgan fingerprint density at radius 2 is 1.89 bits per heavy atom. The normalized spacial score (nSPS) is 12.4. The molecule has 1 aromatic heterocycles. The molecule has 0 aliphatic rings. The monoisotopic (exact) mass is 270 g/mol. The summed E-state index contributed by atoms with van der Waals surface area (Å²) in [6.45, 7) is 0.170. The molecule has 1 aromatic carbocycles. The van der Waals surface area contributed by atoms with E-state index in [0.29, 0.717) is 11.0 Å². The van der Waals surface area contributed by atoms with E-state index in [1.165, 1.54) is 14.1 Å². The number of rotatable bonds is 4. The molecule has 0 aliphatic carbocycles. The van der Waals surface area contributed by atoms with Crippen molar-refractivity contribution in [1.29, 1.82) is 0 Å². The predicted molar refractivity (Wildman–Crippen MR) is 68.4 cm³/mol. The van der Waals surface area contributed by atoms with Gasteiger partial charge in [0.1, 0.15) is 0 Å². The van der Waals surface area contributed by atoms with E-state index in [1.54, 1.807) is 18.2 Å². The molecule has 0 spiro atoms. The fourth-order valence-electron chi connectivity index (χ4n) is 1.49. The van der Waals surface area contributed by atoms with Crippen LogP contribution in [-0.2, 0) is 16.8 Å². The number of aromatic nitrogens is 2. The molecular weight excluding hydrogens is 256 g/mol. The number of hydrogen-bond donors (Lipinski definition) is 3. The first-order chi connectivity index (χ1) is 8.38. The van der Waals surface area contributed by atoms with Gasteiger partial charge in [0.2, 0.25) is 0 Å². The molecule has 0 bridgehead atoms. The smallest absolute Gasteiger partial charge is 0.306 e. The second-order valence-electron chi connectivity index (χ2n) is 4.07. The van der Waals surface area contributed by atoms with E-state index in [1.807, 2.05) is 0 Å². The van der Waals surface area contributed by atoms with Gasteiger partial charge < -0.3 is 9.97 Å². The first-order valence-electron chi connectivity index (χ1n) is 5.26. The Labute approximate surface area is 104 Å². The van der Waals surface area contributed by atoms with Crippen LogP contribution < -0.4 is 10.4 Å². The lowest BCUT2D eigenvalue weighted by atomic mass is 10.2. The zero-order valence-corrected chi connectivity index (χ0v) is 10.8. The average molecular weight is 270 g/mol. The first-order valence-corrected chi connectivity index (χ1v) is 6.70. The summed E-state index contributed by atoms with van der Waals surface area (Å²) in [7, 11) is -0.534. The van der Waals surface area contributed by atoms with Crippen molar-refractivity contribution >= 4 is 21.2 Å². The molecule has 0 unspecified atom stereocenters. The third-order valence-electron chi connectivity index (χ3n) is 2.52. The van der Waals surface area contributed by atoms with Gasteiger partial charge in [-0.25, -0.2) is 4.79 Å². The van der Waals surface area contributed by atoms with Crippen molar-refractivity contribution in [3.8, 4) is 0 Å². The van der Waals surface area contributed by atoms with Gasteiger partial charge in [0.15, 0.2) is 0 Å². The first kappa shape index (κ1) is 12.8. The van der Waals surface area contributed by atoms with Gasteiger partial charge in [-0.2, -0.15) is 17.4 Å². The summed E-state index contributed by atoms with van der Waals surface area (Å²) in [4.78, 5) is 16.3. The van der Waals surface area contributed by atoms with Gasteiger partial charge in [0.05, 0.1) is 11.0 Å². The molecule has 7 nitrogen and oxygen atoms in total. The Balaban J connectivity index is 2.20. The minimum absolute atomic E-state index is 0.170. The standard InChI is InChI=1S/C10H14N4O3S/c1-14(2)18(16,17)11-6-7-3-4-8-9(5-7)13-10(15)12-8/h3-5,11H,6H2,1-2H3,(H2,12,13,15). The van der Waals surface area contributed by atoms with Crippen molar-refractivity contribution in [3.05, 3.63) is 34.2 Å². The van der Waals surface area contributed by atoms with E-state index in [2.05, 4.69) is 14.7 Å². The van der Waals surface area contributed by atoms with Crippen molar-refractivity contribution in [3.63, 3.8) is 0 Å². The minimum atomic E-state index is -3.44. The third-order valence-corrected chi connectivity index (χ3v) is 3.99. The predicted octanol–water partition coefficient (Wildman–Crippen LogP) is -0.248. The number of hydrogen-bond acceptors (Lipinski definition) is 3. The number of fused-ring (bicyclic) bond motifs is 1. The Bertz CT molecular complexity index is 714. The average Bonchev–Trinajstić information content (AvgIpc) is 2.65. The Hall–Kier alpha value is -1.64. The van der Waals surface area contributed by atoms with Crippen molar-refractivity contribution < 1.29 is 8.42 Å². The lowest BCUT2D eigenvalue weighted by molar-refractivity contribution is 0.505. The maximum atomic E-state index is 11.5. The highest BCUT2D eigenvalue weighted by Crippen LogP contribution is 2.10. The van der Waals surface area contributed by atoms with Crippen LogP contribution in [-0.4, -0.2) is 36.8 Å². The van der Waals surface area contributed by atoms with Crippen LogP contribution in [0.3, 0.4) is 0 Å². The number of imidazole rings is 1. The maximum Gasteiger partial charge on any atom is 0.323 e. The molecule has 2 aromatic rings. The van der Waals surface area contributed by atoms with Crippen molar-refractivity contribution in [2.24, 2.45) is 0 Å². The van der Waals surface area contributed by atoms with Crippen LogP contribution in [0.15, 0.2) is 23.0 Å². The van der Waals surface area contributed by atoms with Gasteiger partial charge in [0.25, 0.3) is 10.2 Å². The summed E-state index contributed by atoms with van der Waals surface area (Å²) in [5, 5.41) is 0. The van der Waals surface area contributed by atoms with E-state index in [4.69, 9.17) is 0 Å². The van der Waals surface area contributed by atoms with E-state index in [9.17, 15) is 13.2 Å². The second kappa shape index (κ2) is 4.56. The lowest BCUT2D eigenvalue weighted by Gasteiger charge is -2.12. The molecule has 2 rings (SSSR count). The Kier molecular flexibility index (Phi) is 3.24. The largest absolute Gasteiger partial charge is 0.323 e. The number of H-pyrrole nitrogens is 2. The SMILES string of the molecule is CN(C)S(=O)(=O)NCc1ccc2[nH]c(=O)[nH]c2c1. The Morgan fingerprint density at radius 1 is 1.22 bits per heavy atom. The molecule has 98 valence electrons. The summed E-state index contributed by atoms with van der Waals surface area (Å²) in [6.07, 6.45) is 0. The summed E-state index contributed by atoms with van der Waals surface area (Å²) >= 11 is 0. The molecule has 0 saturated heterocycles. The zero-order chi connectivity index (χ0) is 13.3. The second-order valence-corrected chi connectivity index (χ2v) is 6.04. The van der Waals surface area contributed by atoms with Crippen LogP contribution in [0.1, 0.15) is 5.56 Å².